The van der Waals surface area contributed by atoms with Crippen LogP contribution in [-0.2, 0) is 14.8 Å². The number of amides is 1. The molecule has 0 unspecified atom stereocenters. The second-order valence-corrected chi connectivity index (χ2v) is 7.13. The van der Waals surface area contributed by atoms with Crippen LogP contribution in [0.3, 0.4) is 0 Å². The van der Waals surface area contributed by atoms with E-state index in [1.165, 1.54) is 4.31 Å². The summed E-state index contributed by atoms with van der Waals surface area (Å²) in [6.45, 7) is 5.04. The van der Waals surface area contributed by atoms with Crippen LogP contribution in [0, 0.1) is 5.92 Å². The molecule has 0 spiro atoms. The fourth-order valence-corrected chi connectivity index (χ4v) is 4.24. The van der Waals surface area contributed by atoms with Crippen LogP contribution in [0.5, 0.6) is 0 Å². The Bertz CT molecular complexity index is 375. The second-order valence-electron chi connectivity index (χ2n) is 5.17. The Morgan fingerprint density at radius 2 is 1.94 bits per heavy atom. The summed E-state index contributed by atoms with van der Waals surface area (Å²) >= 11 is 0. The van der Waals surface area contributed by atoms with Crippen molar-refractivity contribution in [2.75, 3.05) is 25.4 Å². The minimum atomic E-state index is -3.41. The summed E-state index contributed by atoms with van der Waals surface area (Å²) in [4.78, 5) is 11.1. The average Bonchev–Trinajstić information content (AvgIpc) is 2.25. The molecule has 1 rings (SSSR count). The molecule has 1 aliphatic rings. The summed E-state index contributed by atoms with van der Waals surface area (Å²) in [5, 5.41) is 3.18. The fraction of sp³-hybridized carbons (Fsp3) is 0.909. The van der Waals surface area contributed by atoms with Gasteiger partial charge in [0.2, 0.25) is 15.9 Å². The minimum Gasteiger partial charge on any atom is -0.369 e. The molecule has 0 saturated carbocycles. The highest BCUT2D eigenvalue weighted by atomic mass is 32.2. The van der Waals surface area contributed by atoms with Gasteiger partial charge in [0.05, 0.1) is 12.3 Å². The van der Waals surface area contributed by atoms with E-state index in [2.05, 4.69) is 5.32 Å². The van der Waals surface area contributed by atoms with Gasteiger partial charge in [-0.1, -0.05) is 13.8 Å². The summed E-state index contributed by atoms with van der Waals surface area (Å²) in [5.74, 6) is -0.502. The van der Waals surface area contributed by atoms with Crippen LogP contribution in [0.4, 0.5) is 0 Å². The maximum Gasteiger partial charge on any atom is 0.232 e. The molecule has 6 nitrogen and oxygen atoms in total. The third kappa shape index (κ3) is 4.55. The van der Waals surface area contributed by atoms with Crippen LogP contribution < -0.4 is 11.1 Å². The van der Waals surface area contributed by atoms with Gasteiger partial charge in [-0.15, -0.1) is 0 Å². The van der Waals surface area contributed by atoms with Gasteiger partial charge in [0.15, 0.2) is 0 Å². The van der Waals surface area contributed by atoms with E-state index in [9.17, 15) is 13.2 Å². The van der Waals surface area contributed by atoms with Gasteiger partial charge in [-0.05, 0) is 31.8 Å². The largest absolute Gasteiger partial charge is 0.369 e. The molecular weight excluding hydrogens is 254 g/mol. The van der Waals surface area contributed by atoms with Gasteiger partial charge in [0, 0.05) is 6.04 Å². The van der Waals surface area contributed by atoms with Gasteiger partial charge in [0.25, 0.3) is 0 Å². The van der Waals surface area contributed by atoms with Crippen LogP contribution in [0.1, 0.15) is 26.7 Å². The molecule has 106 valence electrons. The van der Waals surface area contributed by atoms with E-state index in [1.54, 1.807) is 0 Å². The maximum absolute atomic E-state index is 12.3. The molecule has 0 radical (unpaired) electrons. The lowest BCUT2D eigenvalue weighted by Crippen LogP contribution is -2.50. The molecule has 0 bridgehead atoms. The average molecular weight is 277 g/mol. The normalized spacial score (nSPS) is 18.4. The van der Waals surface area contributed by atoms with Crippen molar-refractivity contribution in [1.29, 1.82) is 0 Å². The zero-order valence-corrected chi connectivity index (χ0v) is 11.9. The molecule has 1 aliphatic heterocycles. The quantitative estimate of drug-likeness (QED) is 0.685. The van der Waals surface area contributed by atoms with Crippen LogP contribution in [0.2, 0.25) is 0 Å². The molecule has 7 heteroatoms. The first-order valence-corrected chi connectivity index (χ1v) is 7.92. The van der Waals surface area contributed by atoms with E-state index in [4.69, 9.17) is 5.73 Å². The number of carbonyl (C=O) groups excluding carboxylic acids is 1. The van der Waals surface area contributed by atoms with Crippen molar-refractivity contribution in [3.8, 4) is 0 Å². The predicted molar refractivity (Wildman–Crippen MR) is 70.4 cm³/mol. The molecule has 18 heavy (non-hydrogen) atoms. The van der Waals surface area contributed by atoms with E-state index in [1.807, 2.05) is 13.8 Å². The first kappa shape index (κ1) is 15.4. The van der Waals surface area contributed by atoms with Crippen molar-refractivity contribution in [2.45, 2.75) is 32.7 Å². The number of primary amides is 1. The van der Waals surface area contributed by atoms with E-state index in [0.717, 1.165) is 25.9 Å². The Morgan fingerprint density at radius 1 is 1.39 bits per heavy atom. The highest BCUT2D eigenvalue weighted by molar-refractivity contribution is 7.89. The number of rotatable bonds is 6. The number of nitrogens with zero attached hydrogens (tertiary/aromatic N) is 1. The maximum atomic E-state index is 12.3. The Balaban J connectivity index is 2.85. The number of nitrogens with two attached hydrogens (primary N) is 1. The Labute approximate surface area is 109 Å². The van der Waals surface area contributed by atoms with Gasteiger partial charge in [-0.3, -0.25) is 4.79 Å². The number of hydrogen-bond donors (Lipinski definition) is 2. The van der Waals surface area contributed by atoms with Crippen LogP contribution in [0.25, 0.3) is 0 Å². The Kier molecular flexibility index (Phi) is 5.55. The Hall–Kier alpha value is -0.660. The van der Waals surface area contributed by atoms with Crippen molar-refractivity contribution in [3.05, 3.63) is 0 Å². The highest BCUT2D eigenvalue weighted by Crippen LogP contribution is 2.17. The number of piperidine rings is 1. The lowest BCUT2D eigenvalue weighted by Gasteiger charge is -2.33. The van der Waals surface area contributed by atoms with Crippen molar-refractivity contribution in [2.24, 2.45) is 11.7 Å². The smallest absolute Gasteiger partial charge is 0.232 e. The summed E-state index contributed by atoms with van der Waals surface area (Å²) < 4.78 is 25.8. The van der Waals surface area contributed by atoms with Crippen molar-refractivity contribution in [1.82, 2.24) is 9.62 Å². The molecule has 1 saturated heterocycles. The molecule has 1 heterocycles. The summed E-state index contributed by atoms with van der Waals surface area (Å²) in [6, 6.07) is -0.109. The van der Waals surface area contributed by atoms with Gasteiger partial charge in [0.1, 0.15) is 0 Å². The fourth-order valence-electron chi connectivity index (χ4n) is 2.22. The molecule has 3 N–H and O–H groups in total. The summed E-state index contributed by atoms with van der Waals surface area (Å²) in [7, 11) is -3.41. The Morgan fingerprint density at radius 3 is 2.39 bits per heavy atom. The lowest BCUT2D eigenvalue weighted by molar-refractivity contribution is -0.118. The van der Waals surface area contributed by atoms with Crippen molar-refractivity contribution < 1.29 is 13.2 Å². The van der Waals surface area contributed by atoms with Crippen LogP contribution in [0.15, 0.2) is 0 Å². The first-order valence-electron chi connectivity index (χ1n) is 6.31. The summed E-state index contributed by atoms with van der Waals surface area (Å²) in [5.41, 5.74) is 5.17. The molecular formula is C11H23N3O3S. The number of sulfonamides is 1. The van der Waals surface area contributed by atoms with Crippen molar-refractivity contribution in [3.63, 3.8) is 0 Å². The van der Waals surface area contributed by atoms with Gasteiger partial charge >= 0.3 is 0 Å². The molecule has 0 aromatic rings. The van der Waals surface area contributed by atoms with Gasteiger partial charge < -0.3 is 11.1 Å². The standard InChI is InChI=1S/C11H23N3O3S/c1-9(2)8-18(16,17)14(7-11(12)15)10-3-5-13-6-4-10/h9-10,13H,3-8H2,1-2H3,(H2,12,15). The molecule has 1 fully saturated rings. The van der Waals surface area contributed by atoms with Gasteiger partial charge in [-0.2, -0.15) is 4.31 Å². The third-order valence-corrected chi connectivity index (χ3v) is 5.16. The zero-order valence-electron chi connectivity index (χ0n) is 11.1. The van der Waals surface area contributed by atoms with E-state index in [0.29, 0.717) is 0 Å². The predicted octanol–water partition coefficient (Wildman–Crippen LogP) is -0.488. The van der Waals surface area contributed by atoms with Gasteiger partial charge in [-0.25, -0.2) is 8.42 Å². The number of nitrogens with one attached hydrogen (secondary N) is 1. The SMILES string of the molecule is CC(C)CS(=O)(=O)N(CC(N)=O)C1CCNCC1. The highest BCUT2D eigenvalue weighted by Gasteiger charge is 2.32. The summed E-state index contributed by atoms with van der Waals surface area (Å²) in [6.07, 6.45) is 1.45. The molecule has 0 aromatic carbocycles. The van der Waals surface area contributed by atoms with Crippen LogP contribution >= 0.6 is 0 Å². The minimum absolute atomic E-state index is 0.0343. The number of carbonyl (C=O) groups is 1. The molecule has 0 aliphatic carbocycles. The van der Waals surface area contributed by atoms with Crippen molar-refractivity contribution >= 4 is 15.9 Å². The zero-order chi connectivity index (χ0) is 13.8. The van der Waals surface area contributed by atoms with E-state index in [-0.39, 0.29) is 24.3 Å². The van der Waals surface area contributed by atoms with E-state index < -0.39 is 15.9 Å². The second kappa shape index (κ2) is 6.49. The number of hydrogen-bond acceptors (Lipinski definition) is 4. The van der Waals surface area contributed by atoms with E-state index >= 15 is 0 Å². The third-order valence-electron chi connectivity index (χ3n) is 2.93. The topological polar surface area (TPSA) is 92.5 Å². The molecule has 0 aromatic heterocycles. The van der Waals surface area contributed by atoms with Crippen LogP contribution in [-0.4, -0.2) is 50.1 Å². The molecule has 0 atom stereocenters. The lowest BCUT2D eigenvalue weighted by atomic mass is 10.1. The molecule has 1 amide bonds. The monoisotopic (exact) mass is 277 g/mol. The first-order chi connectivity index (χ1) is 8.33.